The van der Waals surface area contributed by atoms with Gasteiger partial charge in [0.25, 0.3) is 0 Å². The average Bonchev–Trinajstić information content (AvgIpc) is 3.66. The Balaban J connectivity index is 1.25. The van der Waals surface area contributed by atoms with Crippen LogP contribution in [0.5, 0.6) is 0 Å². The Morgan fingerprint density at radius 2 is 1.22 bits per heavy atom. The van der Waals surface area contributed by atoms with Crippen LogP contribution in [0.3, 0.4) is 0 Å². The molecule has 0 fully saturated rings. The highest BCUT2D eigenvalue weighted by molar-refractivity contribution is 6.07. The SMILES string of the molecule is O=C(/C=C/c1cn(C(c2ccccc2)(c2ccccc2)c2ccccc2)cn1)c1ccc2c(c1)Cc1ccccc1-2. The molecule has 1 aromatic heterocycles. The second kappa shape index (κ2) is 10.4. The Labute approximate surface area is 240 Å². The van der Waals surface area contributed by atoms with E-state index in [0.29, 0.717) is 5.56 Å². The molecule has 0 unspecified atom stereocenters. The highest BCUT2D eigenvalue weighted by Gasteiger charge is 2.38. The van der Waals surface area contributed by atoms with Gasteiger partial charge in [-0.05, 0) is 63.6 Å². The minimum Gasteiger partial charge on any atom is -0.318 e. The van der Waals surface area contributed by atoms with Gasteiger partial charge >= 0.3 is 0 Å². The van der Waals surface area contributed by atoms with Crippen molar-refractivity contribution >= 4 is 11.9 Å². The third kappa shape index (κ3) is 4.32. The van der Waals surface area contributed by atoms with Crippen LogP contribution < -0.4 is 0 Å². The van der Waals surface area contributed by atoms with Crippen molar-refractivity contribution in [2.75, 3.05) is 0 Å². The number of hydrogen-bond acceptors (Lipinski definition) is 2. The van der Waals surface area contributed by atoms with Crippen molar-refractivity contribution in [3.05, 3.63) is 191 Å². The van der Waals surface area contributed by atoms with E-state index in [9.17, 15) is 4.79 Å². The maximum Gasteiger partial charge on any atom is 0.185 e. The molecule has 0 N–H and O–H groups in total. The highest BCUT2D eigenvalue weighted by atomic mass is 16.1. The second-order valence-corrected chi connectivity index (χ2v) is 10.4. The molecule has 196 valence electrons. The molecular weight excluding hydrogens is 500 g/mol. The fourth-order valence-corrected chi connectivity index (χ4v) is 6.15. The summed E-state index contributed by atoms with van der Waals surface area (Å²) in [4.78, 5) is 18.0. The molecule has 1 aliphatic carbocycles. The summed E-state index contributed by atoms with van der Waals surface area (Å²) in [6, 6.07) is 46.0. The molecule has 0 aliphatic heterocycles. The zero-order valence-corrected chi connectivity index (χ0v) is 22.5. The Kier molecular flexibility index (Phi) is 6.25. The summed E-state index contributed by atoms with van der Waals surface area (Å²) in [6.45, 7) is 0. The largest absolute Gasteiger partial charge is 0.318 e. The number of benzene rings is 5. The van der Waals surface area contributed by atoms with Crippen molar-refractivity contribution < 1.29 is 4.79 Å². The van der Waals surface area contributed by atoms with E-state index in [1.807, 2.05) is 48.9 Å². The lowest BCUT2D eigenvalue weighted by Crippen LogP contribution is -2.36. The van der Waals surface area contributed by atoms with Crippen molar-refractivity contribution in [3.63, 3.8) is 0 Å². The van der Waals surface area contributed by atoms with Gasteiger partial charge in [0.1, 0.15) is 5.54 Å². The molecule has 0 bridgehead atoms. The van der Waals surface area contributed by atoms with Crippen LogP contribution in [0.25, 0.3) is 17.2 Å². The van der Waals surface area contributed by atoms with Gasteiger partial charge in [0.2, 0.25) is 0 Å². The number of rotatable bonds is 7. The molecule has 0 saturated carbocycles. The van der Waals surface area contributed by atoms with Crippen LogP contribution in [-0.4, -0.2) is 15.3 Å². The maximum absolute atomic E-state index is 13.2. The van der Waals surface area contributed by atoms with Crippen LogP contribution in [0.1, 0.15) is 43.9 Å². The maximum atomic E-state index is 13.2. The smallest absolute Gasteiger partial charge is 0.185 e. The number of allylic oxidation sites excluding steroid dienone is 1. The standard InChI is InChI=1S/C38H28N2O/c41-37(29-20-22-36-30(25-29)24-28-12-10-11-19-35(28)36)23-21-34-26-40(27-39-34)38(31-13-4-1-5-14-31,32-15-6-2-7-16-32)33-17-8-3-9-18-33/h1-23,25-27H,24H2/b23-21+. The molecular formula is C38H28N2O. The zero-order valence-electron chi connectivity index (χ0n) is 22.5. The topological polar surface area (TPSA) is 34.9 Å². The van der Waals surface area contributed by atoms with Gasteiger partial charge in [0.05, 0.1) is 12.0 Å². The summed E-state index contributed by atoms with van der Waals surface area (Å²) in [5.41, 5.74) is 9.16. The third-order valence-corrected chi connectivity index (χ3v) is 8.05. The summed E-state index contributed by atoms with van der Waals surface area (Å²) in [7, 11) is 0. The van der Waals surface area contributed by atoms with Crippen LogP contribution in [0.15, 0.2) is 152 Å². The molecule has 1 heterocycles. The predicted molar refractivity (Wildman–Crippen MR) is 165 cm³/mol. The molecule has 0 radical (unpaired) electrons. The molecule has 0 saturated heterocycles. The van der Waals surface area contributed by atoms with E-state index < -0.39 is 5.54 Å². The van der Waals surface area contributed by atoms with Gasteiger partial charge in [0.15, 0.2) is 5.78 Å². The number of fused-ring (bicyclic) bond motifs is 3. The quantitative estimate of drug-likeness (QED) is 0.119. The number of ketones is 1. The van der Waals surface area contributed by atoms with E-state index >= 15 is 0 Å². The third-order valence-electron chi connectivity index (χ3n) is 8.05. The highest BCUT2D eigenvalue weighted by Crippen LogP contribution is 2.41. The minimum absolute atomic E-state index is 0.0289. The summed E-state index contributed by atoms with van der Waals surface area (Å²) in [5, 5.41) is 0. The molecule has 3 heteroatoms. The first-order valence-electron chi connectivity index (χ1n) is 13.9. The first kappa shape index (κ1) is 24.7. The lowest BCUT2D eigenvalue weighted by atomic mass is 9.77. The van der Waals surface area contributed by atoms with Gasteiger partial charge < -0.3 is 4.57 Å². The van der Waals surface area contributed by atoms with E-state index in [1.165, 1.54) is 22.3 Å². The van der Waals surface area contributed by atoms with Crippen molar-refractivity contribution in [2.45, 2.75) is 12.0 Å². The molecule has 3 nitrogen and oxygen atoms in total. The van der Waals surface area contributed by atoms with Crippen molar-refractivity contribution in [1.82, 2.24) is 9.55 Å². The Bertz CT molecular complexity index is 1770. The summed E-state index contributed by atoms with van der Waals surface area (Å²) >= 11 is 0. The number of imidazole rings is 1. The summed E-state index contributed by atoms with van der Waals surface area (Å²) in [5.74, 6) is -0.0289. The number of hydrogen-bond donors (Lipinski definition) is 0. The molecule has 5 aromatic carbocycles. The zero-order chi connectivity index (χ0) is 27.6. The van der Waals surface area contributed by atoms with Gasteiger partial charge in [0, 0.05) is 11.8 Å². The van der Waals surface area contributed by atoms with Crippen LogP contribution in [0.2, 0.25) is 0 Å². The van der Waals surface area contributed by atoms with E-state index in [0.717, 1.165) is 28.8 Å². The molecule has 7 rings (SSSR count). The van der Waals surface area contributed by atoms with E-state index in [4.69, 9.17) is 4.98 Å². The van der Waals surface area contributed by atoms with Crippen molar-refractivity contribution in [3.8, 4) is 11.1 Å². The molecule has 0 amide bonds. The average molecular weight is 529 g/mol. The van der Waals surface area contributed by atoms with Gasteiger partial charge in [-0.25, -0.2) is 4.98 Å². The second-order valence-electron chi connectivity index (χ2n) is 10.4. The molecule has 0 atom stereocenters. The molecule has 1 aliphatic rings. The molecule has 6 aromatic rings. The number of nitrogens with zero attached hydrogens (tertiary/aromatic N) is 2. The Hall–Kier alpha value is -5.28. The van der Waals surface area contributed by atoms with Crippen LogP contribution >= 0.6 is 0 Å². The number of aromatic nitrogens is 2. The van der Waals surface area contributed by atoms with E-state index in [1.54, 1.807) is 6.08 Å². The summed E-state index contributed by atoms with van der Waals surface area (Å²) in [6.07, 6.45) is 8.19. The van der Waals surface area contributed by atoms with Crippen LogP contribution in [-0.2, 0) is 12.0 Å². The fourth-order valence-electron chi connectivity index (χ4n) is 6.15. The monoisotopic (exact) mass is 528 g/mol. The Morgan fingerprint density at radius 1 is 0.659 bits per heavy atom. The lowest BCUT2D eigenvalue weighted by Gasteiger charge is -2.37. The predicted octanol–water partition coefficient (Wildman–Crippen LogP) is 8.19. The molecule has 0 spiro atoms. The van der Waals surface area contributed by atoms with Crippen molar-refractivity contribution in [2.24, 2.45) is 0 Å². The van der Waals surface area contributed by atoms with Gasteiger partial charge in [-0.1, -0.05) is 127 Å². The van der Waals surface area contributed by atoms with Gasteiger partial charge in [-0.2, -0.15) is 0 Å². The van der Waals surface area contributed by atoms with Crippen LogP contribution in [0.4, 0.5) is 0 Å². The van der Waals surface area contributed by atoms with Crippen molar-refractivity contribution in [1.29, 1.82) is 0 Å². The first-order valence-corrected chi connectivity index (χ1v) is 13.9. The normalized spacial score (nSPS) is 12.3. The summed E-state index contributed by atoms with van der Waals surface area (Å²) < 4.78 is 2.16. The number of carbonyl (C=O) groups is 1. The lowest BCUT2D eigenvalue weighted by molar-refractivity contribution is 0.104. The molecule has 41 heavy (non-hydrogen) atoms. The minimum atomic E-state index is -0.637. The first-order chi connectivity index (χ1) is 20.2. The van der Waals surface area contributed by atoms with Crippen LogP contribution in [0, 0.1) is 0 Å². The van der Waals surface area contributed by atoms with Gasteiger partial charge in [-0.15, -0.1) is 0 Å². The van der Waals surface area contributed by atoms with E-state index in [-0.39, 0.29) is 5.78 Å². The van der Waals surface area contributed by atoms with E-state index in [2.05, 4.69) is 108 Å². The number of carbonyl (C=O) groups excluding carboxylic acids is 1. The fraction of sp³-hybridized carbons (Fsp3) is 0.0526. The Morgan fingerprint density at radius 3 is 1.85 bits per heavy atom. The van der Waals surface area contributed by atoms with Gasteiger partial charge in [-0.3, -0.25) is 4.79 Å².